The summed E-state index contributed by atoms with van der Waals surface area (Å²) in [5.41, 5.74) is 0.230. The molecule has 144 valence electrons. The van der Waals surface area contributed by atoms with E-state index in [4.69, 9.17) is 14.6 Å². The van der Waals surface area contributed by atoms with Crippen LogP contribution < -0.4 is 14.8 Å². The highest BCUT2D eigenvalue weighted by atomic mass is 19.1. The molecular weight excluding hydrogens is 360 g/mol. The Bertz CT molecular complexity index is 808. The Labute approximate surface area is 154 Å². The summed E-state index contributed by atoms with van der Waals surface area (Å²) >= 11 is 0. The number of methoxy groups -OCH3 is 1. The van der Waals surface area contributed by atoms with Gasteiger partial charge in [0.2, 0.25) is 0 Å². The van der Waals surface area contributed by atoms with Crippen molar-refractivity contribution in [3.63, 3.8) is 0 Å². The number of carbonyl (C=O) groups excluding carboxylic acids is 1. The first-order valence-corrected chi connectivity index (χ1v) is 8.16. The van der Waals surface area contributed by atoms with Crippen LogP contribution >= 0.6 is 0 Å². The van der Waals surface area contributed by atoms with Crippen LogP contribution in [0, 0.1) is 11.6 Å². The number of benzene rings is 2. The van der Waals surface area contributed by atoms with E-state index >= 15 is 0 Å². The number of carbonyl (C=O) groups is 2. The van der Waals surface area contributed by atoms with E-state index < -0.39 is 34.8 Å². The molecule has 6 nitrogen and oxygen atoms in total. The number of aliphatic carboxylic acids is 1. The van der Waals surface area contributed by atoms with Crippen molar-refractivity contribution in [2.45, 2.75) is 19.4 Å². The average Bonchev–Trinajstić information content (AvgIpc) is 2.65. The smallest absolute Gasteiger partial charge is 0.303 e. The maximum Gasteiger partial charge on any atom is 0.303 e. The molecule has 8 heteroatoms. The van der Waals surface area contributed by atoms with Gasteiger partial charge in [0.1, 0.15) is 17.1 Å². The van der Waals surface area contributed by atoms with E-state index in [0.29, 0.717) is 12.2 Å². The lowest BCUT2D eigenvalue weighted by Gasteiger charge is -2.11. The second-order valence-corrected chi connectivity index (χ2v) is 5.61. The summed E-state index contributed by atoms with van der Waals surface area (Å²) < 4.78 is 37.7. The van der Waals surface area contributed by atoms with Crippen LogP contribution in [0.1, 0.15) is 28.8 Å². The van der Waals surface area contributed by atoms with Crippen molar-refractivity contribution in [3.05, 3.63) is 59.2 Å². The first kappa shape index (κ1) is 20.2. The van der Waals surface area contributed by atoms with E-state index in [1.165, 1.54) is 0 Å². The van der Waals surface area contributed by atoms with Crippen LogP contribution in [0.25, 0.3) is 0 Å². The van der Waals surface area contributed by atoms with Crippen molar-refractivity contribution in [3.8, 4) is 11.5 Å². The first-order valence-electron chi connectivity index (χ1n) is 8.16. The molecular formula is C19H19F2NO5. The molecule has 27 heavy (non-hydrogen) atoms. The molecule has 0 saturated carbocycles. The predicted octanol–water partition coefficient (Wildman–Crippen LogP) is 3.15. The molecule has 0 fully saturated rings. The zero-order valence-electron chi connectivity index (χ0n) is 14.6. The minimum absolute atomic E-state index is 0.0320. The van der Waals surface area contributed by atoms with Gasteiger partial charge in [-0.25, -0.2) is 8.78 Å². The number of rotatable bonds is 9. The number of hydrogen-bond acceptors (Lipinski definition) is 4. The predicted molar refractivity (Wildman–Crippen MR) is 92.9 cm³/mol. The zero-order chi connectivity index (χ0) is 19.8. The second-order valence-electron chi connectivity index (χ2n) is 5.61. The highest BCUT2D eigenvalue weighted by molar-refractivity contribution is 5.97. The quantitative estimate of drug-likeness (QED) is 0.654. The number of carboxylic acid groups (broad SMARTS) is 1. The maximum atomic E-state index is 13.9. The molecule has 2 aromatic rings. The van der Waals surface area contributed by atoms with Crippen LogP contribution in [0.5, 0.6) is 11.5 Å². The van der Waals surface area contributed by atoms with Crippen molar-refractivity contribution >= 4 is 11.9 Å². The second kappa shape index (κ2) is 9.51. The molecule has 2 N–H and O–H groups in total. The lowest BCUT2D eigenvalue weighted by Crippen LogP contribution is -2.24. The van der Waals surface area contributed by atoms with Crippen LogP contribution in [-0.4, -0.2) is 30.7 Å². The van der Waals surface area contributed by atoms with Gasteiger partial charge in [0, 0.05) is 13.0 Å². The van der Waals surface area contributed by atoms with Gasteiger partial charge in [-0.15, -0.1) is 0 Å². The van der Waals surface area contributed by atoms with Crippen molar-refractivity contribution in [2.24, 2.45) is 0 Å². The Morgan fingerprint density at radius 1 is 1.07 bits per heavy atom. The minimum atomic E-state index is -0.879. The first-order chi connectivity index (χ1) is 12.9. The average molecular weight is 379 g/mol. The summed E-state index contributed by atoms with van der Waals surface area (Å²) in [7, 11) is 1.16. The van der Waals surface area contributed by atoms with Crippen molar-refractivity contribution in [1.82, 2.24) is 5.32 Å². The normalized spacial score (nSPS) is 10.3. The van der Waals surface area contributed by atoms with E-state index in [0.717, 1.165) is 24.8 Å². The van der Waals surface area contributed by atoms with E-state index in [1.54, 1.807) is 24.3 Å². The number of ether oxygens (including phenoxy) is 2. The summed E-state index contributed by atoms with van der Waals surface area (Å²) in [6, 6.07) is 8.50. The molecule has 1 amide bonds. The van der Waals surface area contributed by atoms with E-state index in [2.05, 4.69) is 5.32 Å². The van der Waals surface area contributed by atoms with Gasteiger partial charge in [-0.2, -0.15) is 0 Å². The van der Waals surface area contributed by atoms with Crippen LogP contribution in [0.2, 0.25) is 0 Å². The fourth-order valence-electron chi connectivity index (χ4n) is 2.33. The molecule has 0 radical (unpaired) electrons. The summed E-state index contributed by atoms with van der Waals surface area (Å²) in [6.07, 6.45) is 0.429. The summed E-state index contributed by atoms with van der Waals surface area (Å²) in [5, 5.41) is 11.1. The molecule has 2 aromatic carbocycles. The lowest BCUT2D eigenvalue weighted by molar-refractivity contribution is -0.137. The Morgan fingerprint density at radius 2 is 1.74 bits per heavy atom. The minimum Gasteiger partial charge on any atom is -0.494 e. The van der Waals surface area contributed by atoms with Gasteiger partial charge in [-0.05, 0) is 36.2 Å². The van der Waals surface area contributed by atoms with E-state index in [1.807, 2.05) is 0 Å². The summed E-state index contributed by atoms with van der Waals surface area (Å²) in [6.45, 7) is 0.373. The van der Waals surface area contributed by atoms with E-state index in [-0.39, 0.29) is 19.6 Å². The van der Waals surface area contributed by atoms with Gasteiger partial charge in [-0.1, -0.05) is 12.1 Å². The molecule has 0 aliphatic rings. The van der Waals surface area contributed by atoms with E-state index in [9.17, 15) is 18.4 Å². The highest BCUT2D eigenvalue weighted by Gasteiger charge is 2.21. The monoisotopic (exact) mass is 379 g/mol. The van der Waals surface area contributed by atoms with Gasteiger partial charge in [0.15, 0.2) is 11.6 Å². The lowest BCUT2D eigenvalue weighted by atomic mass is 10.1. The molecule has 0 heterocycles. The van der Waals surface area contributed by atoms with Crippen LogP contribution in [0.4, 0.5) is 8.78 Å². The third kappa shape index (κ3) is 5.67. The topological polar surface area (TPSA) is 84.9 Å². The van der Waals surface area contributed by atoms with Crippen molar-refractivity contribution in [1.29, 1.82) is 0 Å². The third-order valence-corrected chi connectivity index (χ3v) is 3.67. The van der Waals surface area contributed by atoms with Crippen LogP contribution in [0.15, 0.2) is 36.4 Å². The Kier molecular flexibility index (Phi) is 7.10. The Balaban J connectivity index is 1.92. The van der Waals surface area contributed by atoms with Gasteiger partial charge in [0.25, 0.3) is 5.91 Å². The standard InChI is InChI=1S/C19H19F2NO5/c1-26-18-15(21)9-8-14(20)17(18)19(25)22-11-12-4-6-13(7-5-12)27-10-2-3-16(23)24/h4-9H,2-3,10-11H2,1H3,(H,22,25)(H,23,24). The highest BCUT2D eigenvalue weighted by Crippen LogP contribution is 2.25. The number of amides is 1. The number of hydrogen-bond donors (Lipinski definition) is 2. The SMILES string of the molecule is COc1c(F)ccc(F)c1C(=O)NCc1ccc(OCCCC(=O)O)cc1. The fraction of sp³-hybridized carbons (Fsp3) is 0.263. The van der Waals surface area contributed by atoms with Gasteiger partial charge >= 0.3 is 5.97 Å². The number of halogens is 2. The summed E-state index contributed by atoms with van der Waals surface area (Å²) in [4.78, 5) is 22.6. The van der Waals surface area contributed by atoms with Gasteiger partial charge in [0.05, 0.1) is 13.7 Å². The third-order valence-electron chi connectivity index (χ3n) is 3.67. The van der Waals surface area contributed by atoms with Gasteiger partial charge in [-0.3, -0.25) is 9.59 Å². The fourth-order valence-corrected chi connectivity index (χ4v) is 2.33. The zero-order valence-corrected chi connectivity index (χ0v) is 14.6. The van der Waals surface area contributed by atoms with Crippen LogP contribution in [0.3, 0.4) is 0 Å². The number of carboxylic acids is 1. The molecule has 0 atom stereocenters. The molecule has 0 aliphatic carbocycles. The maximum absolute atomic E-state index is 13.9. The molecule has 0 unspecified atom stereocenters. The van der Waals surface area contributed by atoms with Crippen molar-refractivity contribution in [2.75, 3.05) is 13.7 Å². The molecule has 0 saturated heterocycles. The summed E-state index contributed by atoms with van der Waals surface area (Å²) in [5.74, 6) is -3.26. The Hall–Kier alpha value is -3.16. The van der Waals surface area contributed by atoms with Crippen molar-refractivity contribution < 1.29 is 33.0 Å². The molecule has 0 spiro atoms. The molecule has 0 bridgehead atoms. The Morgan fingerprint density at radius 3 is 2.37 bits per heavy atom. The van der Waals surface area contributed by atoms with Gasteiger partial charge < -0.3 is 19.9 Å². The molecule has 0 aliphatic heterocycles. The van der Waals surface area contributed by atoms with Crippen LogP contribution in [-0.2, 0) is 11.3 Å². The molecule has 0 aromatic heterocycles. The number of nitrogens with one attached hydrogen (secondary N) is 1. The largest absolute Gasteiger partial charge is 0.494 e. The molecule has 2 rings (SSSR count).